The van der Waals surface area contributed by atoms with E-state index in [9.17, 15) is 18.3 Å². The van der Waals surface area contributed by atoms with Crippen molar-refractivity contribution in [2.24, 2.45) is 0 Å². The number of β-amino-alcohol motifs (C(OH)–C–C–N with tert-alkyl or cyclic N) is 1. The Balaban J connectivity index is 1.26. The highest BCUT2D eigenvalue weighted by molar-refractivity contribution is 5.76. The van der Waals surface area contributed by atoms with Gasteiger partial charge in [-0.25, -0.2) is 22.7 Å². The second-order valence-electron chi connectivity index (χ2n) is 9.48. The maximum Gasteiger partial charge on any atom is 0.164 e. The molecule has 6 rings (SSSR count). The first-order valence-corrected chi connectivity index (χ1v) is 12.2. The summed E-state index contributed by atoms with van der Waals surface area (Å²) in [5.41, 5.74) is 3.13. The minimum atomic E-state index is -1.19. The molecule has 7 nitrogen and oxygen atoms in total. The normalized spacial score (nSPS) is 22.1. The first-order chi connectivity index (χ1) is 17.9. The molecule has 37 heavy (non-hydrogen) atoms. The van der Waals surface area contributed by atoms with Crippen LogP contribution in [-0.2, 0) is 0 Å². The van der Waals surface area contributed by atoms with Crippen LogP contribution in [0.25, 0.3) is 17.8 Å². The molecule has 5 heterocycles. The van der Waals surface area contributed by atoms with Crippen molar-refractivity contribution in [3.63, 3.8) is 0 Å². The van der Waals surface area contributed by atoms with Crippen LogP contribution in [0.2, 0.25) is 0 Å². The molecule has 10 heteroatoms. The molecule has 2 aliphatic heterocycles. The summed E-state index contributed by atoms with van der Waals surface area (Å²) in [6.45, 7) is 1.45. The van der Waals surface area contributed by atoms with E-state index < -0.39 is 23.8 Å². The Morgan fingerprint density at radius 3 is 2.70 bits per heavy atom. The maximum absolute atomic E-state index is 14.5. The number of aliphatic hydroxyl groups is 1. The van der Waals surface area contributed by atoms with Crippen LogP contribution in [0.1, 0.15) is 35.7 Å². The van der Waals surface area contributed by atoms with Gasteiger partial charge >= 0.3 is 0 Å². The van der Waals surface area contributed by atoms with Crippen molar-refractivity contribution in [3.8, 4) is 0 Å². The van der Waals surface area contributed by atoms with E-state index in [2.05, 4.69) is 15.0 Å². The van der Waals surface area contributed by atoms with Crippen LogP contribution < -0.4 is 9.80 Å². The zero-order valence-corrected chi connectivity index (χ0v) is 19.9. The molecule has 4 aromatic rings. The second kappa shape index (κ2) is 9.51. The van der Waals surface area contributed by atoms with Crippen LogP contribution in [0.5, 0.6) is 0 Å². The van der Waals surface area contributed by atoms with E-state index in [1.165, 1.54) is 0 Å². The average molecular weight is 507 g/mol. The maximum atomic E-state index is 14.5. The summed E-state index contributed by atoms with van der Waals surface area (Å²) in [6.07, 6.45) is 8.21. The van der Waals surface area contributed by atoms with Crippen LogP contribution >= 0.6 is 0 Å². The zero-order valence-electron chi connectivity index (χ0n) is 19.9. The van der Waals surface area contributed by atoms with E-state index in [1.54, 1.807) is 34.1 Å². The number of aromatic nitrogens is 4. The van der Waals surface area contributed by atoms with Gasteiger partial charge in [-0.15, -0.1) is 0 Å². The molecule has 3 aromatic heterocycles. The van der Waals surface area contributed by atoms with Crippen molar-refractivity contribution < 1.29 is 18.3 Å². The third-order valence-corrected chi connectivity index (χ3v) is 6.98. The summed E-state index contributed by atoms with van der Waals surface area (Å²) in [6, 6.07) is 8.17. The van der Waals surface area contributed by atoms with E-state index in [1.807, 2.05) is 24.3 Å². The van der Waals surface area contributed by atoms with Crippen LogP contribution in [-0.4, -0.2) is 56.6 Å². The molecule has 3 atom stereocenters. The number of rotatable bonds is 5. The summed E-state index contributed by atoms with van der Waals surface area (Å²) in [5.74, 6) is -0.671. The van der Waals surface area contributed by atoms with Crippen LogP contribution in [0.15, 0.2) is 55.0 Å². The van der Waals surface area contributed by atoms with E-state index in [4.69, 9.17) is 4.98 Å². The highest BCUT2D eigenvalue weighted by atomic mass is 19.1. The van der Waals surface area contributed by atoms with Gasteiger partial charge in [-0.05, 0) is 55.0 Å². The number of benzene rings is 1. The lowest BCUT2D eigenvalue weighted by atomic mass is 10.0. The standard InChI is InChI=1S/C27H25F3N6O/c28-18-2-6-24(30)23(11-18)25-12-19(29)15-35(25)26-8-10-36-27(33-26)17(13-32-36)1-3-20-4-5-21(14-31-20)34-9-7-22(37)16-34/h1-6,8,10-11,13-14,19,22,25,37H,7,9,12,15-16H2/b3-1+/t19-,22?,25+/m0/s1. The first-order valence-electron chi connectivity index (χ1n) is 12.2. The molecular weight excluding hydrogens is 481 g/mol. The predicted molar refractivity (Wildman–Crippen MR) is 135 cm³/mol. The van der Waals surface area contributed by atoms with Gasteiger partial charge in [-0.2, -0.15) is 5.10 Å². The number of alkyl halides is 1. The van der Waals surface area contributed by atoms with Gasteiger partial charge in [-0.1, -0.05) is 0 Å². The van der Waals surface area contributed by atoms with Gasteiger partial charge in [0.25, 0.3) is 0 Å². The number of aliphatic hydroxyl groups excluding tert-OH is 1. The number of hydrogen-bond acceptors (Lipinski definition) is 6. The molecule has 0 aliphatic carbocycles. The van der Waals surface area contributed by atoms with Crippen LogP contribution in [0.3, 0.4) is 0 Å². The van der Waals surface area contributed by atoms with Crippen molar-refractivity contribution >= 4 is 29.3 Å². The molecule has 0 amide bonds. The number of hydrogen-bond donors (Lipinski definition) is 1. The smallest absolute Gasteiger partial charge is 0.164 e. The van der Waals surface area contributed by atoms with Crippen molar-refractivity contribution in [2.45, 2.75) is 31.2 Å². The summed E-state index contributed by atoms with van der Waals surface area (Å²) in [5, 5.41) is 14.1. The Morgan fingerprint density at radius 2 is 1.92 bits per heavy atom. The first kappa shape index (κ1) is 23.5. The lowest BCUT2D eigenvalue weighted by molar-refractivity contribution is 0.198. The summed E-state index contributed by atoms with van der Waals surface area (Å²) >= 11 is 0. The molecule has 1 unspecified atom stereocenters. The fourth-order valence-corrected chi connectivity index (χ4v) is 5.09. The average Bonchev–Trinajstić information content (AvgIpc) is 3.62. The topological polar surface area (TPSA) is 69.8 Å². The number of halogens is 3. The molecule has 1 aromatic carbocycles. The van der Waals surface area contributed by atoms with E-state index in [-0.39, 0.29) is 24.6 Å². The fraction of sp³-hybridized carbons (Fsp3) is 0.296. The molecule has 1 N–H and O–H groups in total. The molecule has 0 bridgehead atoms. The van der Waals surface area contributed by atoms with Gasteiger partial charge in [0, 0.05) is 36.8 Å². The van der Waals surface area contributed by atoms with E-state index in [0.29, 0.717) is 18.0 Å². The number of anilines is 2. The predicted octanol–water partition coefficient (Wildman–Crippen LogP) is 4.43. The molecule has 2 fully saturated rings. The quantitative estimate of drug-likeness (QED) is 0.432. The third-order valence-electron chi connectivity index (χ3n) is 6.98. The third kappa shape index (κ3) is 4.64. The van der Waals surface area contributed by atoms with Gasteiger partial charge in [0.05, 0.1) is 42.5 Å². The van der Waals surface area contributed by atoms with Crippen LogP contribution in [0, 0.1) is 11.6 Å². The van der Waals surface area contributed by atoms with Crippen molar-refractivity contribution in [2.75, 3.05) is 29.4 Å². The second-order valence-corrected chi connectivity index (χ2v) is 9.48. The SMILES string of the molecule is OC1CCN(c2ccc(/C=C/c3cnn4ccc(N5C[C@@H](F)C[C@@H]5c5cc(F)ccc5F)nc34)nc2)C1. The minimum Gasteiger partial charge on any atom is -0.391 e. The summed E-state index contributed by atoms with van der Waals surface area (Å²) in [4.78, 5) is 13.0. The Bertz CT molecular complexity index is 1460. The highest BCUT2D eigenvalue weighted by Crippen LogP contribution is 2.38. The Morgan fingerprint density at radius 1 is 1.03 bits per heavy atom. The van der Waals surface area contributed by atoms with Gasteiger partial charge in [0.15, 0.2) is 5.65 Å². The molecule has 190 valence electrons. The van der Waals surface area contributed by atoms with Gasteiger partial charge in [-0.3, -0.25) is 4.98 Å². The van der Waals surface area contributed by atoms with E-state index in [0.717, 1.165) is 48.1 Å². The highest BCUT2D eigenvalue weighted by Gasteiger charge is 2.36. The largest absolute Gasteiger partial charge is 0.391 e. The van der Waals surface area contributed by atoms with Crippen molar-refractivity contribution in [1.82, 2.24) is 19.6 Å². The van der Waals surface area contributed by atoms with E-state index >= 15 is 0 Å². The number of nitrogens with zero attached hydrogens (tertiary/aromatic N) is 6. The lowest BCUT2D eigenvalue weighted by Gasteiger charge is -2.26. The molecular formula is C27H25F3N6O. The molecule has 0 spiro atoms. The Labute approximate surface area is 211 Å². The molecule has 2 aliphatic rings. The molecule has 0 radical (unpaired) electrons. The Hall–Kier alpha value is -3.92. The lowest BCUT2D eigenvalue weighted by Crippen LogP contribution is -2.25. The van der Waals surface area contributed by atoms with Gasteiger partial charge in [0.1, 0.15) is 23.6 Å². The molecule has 2 saturated heterocycles. The summed E-state index contributed by atoms with van der Waals surface area (Å²) < 4.78 is 44.5. The van der Waals surface area contributed by atoms with Crippen molar-refractivity contribution in [1.29, 1.82) is 0 Å². The monoisotopic (exact) mass is 506 g/mol. The Kier molecular flexibility index (Phi) is 6.03. The van der Waals surface area contributed by atoms with Gasteiger partial charge < -0.3 is 14.9 Å². The number of fused-ring (bicyclic) bond motifs is 1. The minimum absolute atomic E-state index is 0.0351. The zero-order chi connectivity index (χ0) is 25.5. The molecule has 0 saturated carbocycles. The fourth-order valence-electron chi connectivity index (χ4n) is 5.09. The van der Waals surface area contributed by atoms with Gasteiger partial charge in [0.2, 0.25) is 0 Å². The van der Waals surface area contributed by atoms with Crippen LogP contribution in [0.4, 0.5) is 24.7 Å². The number of pyridine rings is 1. The van der Waals surface area contributed by atoms with Crippen molar-refractivity contribution in [3.05, 3.63) is 83.4 Å². The summed E-state index contributed by atoms with van der Waals surface area (Å²) in [7, 11) is 0.